The van der Waals surface area contributed by atoms with Gasteiger partial charge in [-0.2, -0.15) is 17.6 Å². The third-order valence-electron chi connectivity index (χ3n) is 5.92. The first-order chi connectivity index (χ1) is 15.7. The van der Waals surface area contributed by atoms with Crippen LogP contribution in [0, 0.1) is 0 Å². The quantitative estimate of drug-likeness (QED) is 0.433. The van der Waals surface area contributed by atoms with E-state index >= 15 is 0 Å². The maximum absolute atomic E-state index is 13.0. The van der Waals surface area contributed by atoms with Gasteiger partial charge in [-0.15, -0.1) is 0 Å². The van der Waals surface area contributed by atoms with E-state index in [1.54, 1.807) is 11.9 Å². The number of aromatic nitrogens is 1. The fourth-order valence-corrected chi connectivity index (χ4v) is 4.97. The third-order valence-corrected chi connectivity index (χ3v) is 6.41. The van der Waals surface area contributed by atoms with E-state index in [0.717, 1.165) is 22.5 Å². The summed E-state index contributed by atoms with van der Waals surface area (Å²) < 4.78 is 60.8. The largest absolute Gasteiger partial charge is 0.435 e. The molecule has 5 rings (SSSR count). The minimum Gasteiger partial charge on any atom is -0.435 e. The molecule has 0 spiro atoms. The van der Waals surface area contributed by atoms with Crippen molar-refractivity contribution in [3.8, 4) is 11.5 Å². The van der Waals surface area contributed by atoms with Crippen LogP contribution in [0.5, 0.6) is 11.5 Å². The predicted octanol–water partition coefficient (Wildman–Crippen LogP) is 4.44. The number of para-hydroxylation sites is 1. The van der Waals surface area contributed by atoms with Crippen LogP contribution in [0.25, 0.3) is 10.9 Å². The van der Waals surface area contributed by atoms with Gasteiger partial charge in [-0.05, 0) is 41.5 Å². The molecule has 11 heteroatoms. The van der Waals surface area contributed by atoms with Gasteiger partial charge in [0.05, 0.1) is 6.04 Å². The Bertz CT molecular complexity index is 1240. The first-order valence-electron chi connectivity index (χ1n) is 9.98. The van der Waals surface area contributed by atoms with Crippen LogP contribution in [0.3, 0.4) is 0 Å². The van der Waals surface area contributed by atoms with E-state index in [9.17, 15) is 22.4 Å². The van der Waals surface area contributed by atoms with Crippen LogP contribution >= 0.6 is 12.2 Å². The Morgan fingerprint density at radius 2 is 1.70 bits per heavy atom. The molecule has 3 heterocycles. The van der Waals surface area contributed by atoms with Crippen LogP contribution in [-0.4, -0.2) is 52.1 Å². The first-order valence-corrected chi connectivity index (χ1v) is 10.4. The second-order valence-corrected chi connectivity index (χ2v) is 8.13. The Balaban J connectivity index is 1.73. The molecule has 1 fully saturated rings. The van der Waals surface area contributed by atoms with Crippen LogP contribution in [0.4, 0.5) is 17.6 Å². The van der Waals surface area contributed by atoms with E-state index in [2.05, 4.69) is 14.5 Å². The number of carbonyl (C=O) groups excluding carboxylic acids is 1. The summed E-state index contributed by atoms with van der Waals surface area (Å²) in [5.41, 5.74) is 2.70. The van der Waals surface area contributed by atoms with Crippen molar-refractivity contribution in [1.29, 1.82) is 0 Å². The second kappa shape index (κ2) is 7.91. The van der Waals surface area contributed by atoms with Crippen molar-refractivity contribution in [3.63, 3.8) is 0 Å². The Hall–Kier alpha value is -3.34. The summed E-state index contributed by atoms with van der Waals surface area (Å²) in [6.07, 6.45) is 0.382. The highest BCUT2D eigenvalue weighted by atomic mass is 32.1. The smallest absolute Gasteiger partial charge is 0.387 e. The van der Waals surface area contributed by atoms with E-state index in [1.165, 1.54) is 17.0 Å². The van der Waals surface area contributed by atoms with E-state index < -0.39 is 25.3 Å². The van der Waals surface area contributed by atoms with Gasteiger partial charge in [0.15, 0.2) is 5.11 Å². The summed E-state index contributed by atoms with van der Waals surface area (Å²) in [4.78, 5) is 19.4. The van der Waals surface area contributed by atoms with Gasteiger partial charge >= 0.3 is 13.2 Å². The topological polar surface area (TPSA) is 57.8 Å². The van der Waals surface area contributed by atoms with Crippen molar-refractivity contribution < 1.29 is 31.8 Å². The molecule has 6 nitrogen and oxygen atoms in total. The number of benzene rings is 2. The molecule has 0 unspecified atom stereocenters. The van der Waals surface area contributed by atoms with Crippen LogP contribution in [0.2, 0.25) is 0 Å². The predicted molar refractivity (Wildman–Crippen MR) is 115 cm³/mol. The maximum atomic E-state index is 13.0. The number of rotatable bonds is 5. The molecule has 33 heavy (non-hydrogen) atoms. The van der Waals surface area contributed by atoms with Gasteiger partial charge < -0.3 is 19.4 Å². The molecular formula is C22H17F4N3O3S. The lowest BCUT2D eigenvalue weighted by Gasteiger charge is -2.37. The molecule has 1 aromatic heterocycles. The number of hydrogen-bond donors (Lipinski definition) is 1. The normalized spacial score (nSPS) is 20.1. The summed E-state index contributed by atoms with van der Waals surface area (Å²) in [5.74, 6) is -0.893. The van der Waals surface area contributed by atoms with Crippen LogP contribution in [0.1, 0.15) is 22.9 Å². The average molecular weight is 479 g/mol. The number of nitrogens with zero attached hydrogens (tertiary/aromatic N) is 2. The SMILES string of the molecule is CN1C(=O)[C@@H]2Cc3c([nH]c4ccccc34)[C@@H](c3cc(OC(F)F)cc(OC(F)F)c3)N2C1=S. The van der Waals surface area contributed by atoms with Crippen molar-refractivity contribution >= 4 is 34.1 Å². The van der Waals surface area contributed by atoms with Gasteiger partial charge in [0.25, 0.3) is 5.91 Å². The number of carbonyl (C=O) groups is 1. The zero-order valence-electron chi connectivity index (χ0n) is 17.1. The van der Waals surface area contributed by atoms with Crippen LogP contribution in [0.15, 0.2) is 42.5 Å². The Morgan fingerprint density at radius 1 is 1.06 bits per heavy atom. The van der Waals surface area contributed by atoms with Gasteiger partial charge in [-0.3, -0.25) is 9.69 Å². The van der Waals surface area contributed by atoms with Crippen LogP contribution in [-0.2, 0) is 11.2 Å². The molecule has 3 aromatic rings. The summed E-state index contributed by atoms with van der Waals surface area (Å²) in [5, 5.41) is 1.16. The number of likely N-dealkylation sites (N-methyl/N-ethyl adjacent to an activating group) is 1. The molecule has 0 saturated carbocycles. The van der Waals surface area contributed by atoms with Gasteiger partial charge in [0, 0.05) is 36.1 Å². The van der Waals surface area contributed by atoms with Crippen molar-refractivity contribution in [2.75, 3.05) is 7.05 Å². The molecule has 2 aromatic carbocycles. The zero-order valence-corrected chi connectivity index (χ0v) is 17.9. The van der Waals surface area contributed by atoms with Crippen molar-refractivity contribution in [1.82, 2.24) is 14.8 Å². The highest BCUT2D eigenvalue weighted by molar-refractivity contribution is 7.80. The monoisotopic (exact) mass is 479 g/mol. The highest BCUT2D eigenvalue weighted by Crippen LogP contribution is 2.45. The summed E-state index contributed by atoms with van der Waals surface area (Å²) in [6, 6.07) is 9.76. The average Bonchev–Trinajstić information content (AvgIpc) is 3.22. The molecule has 1 amide bonds. The molecule has 172 valence electrons. The van der Waals surface area contributed by atoms with Gasteiger partial charge in [-0.1, -0.05) is 18.2 Å². The lowest BCUT2D eigenvalue weighted by Crippen LogP contribution is -2.44. The van der Waals surface area contributed by atoms with Gasteiger partial charge in [0.1, 0.15) is 17.5 Å². The van der Waals surface area contributed by atoms with Crippen LogP contribution < -0.4 is 9.47 Å². The number of fused-ring (bicyclic) bond motifs is 4. The second-order valence-electron chi connectivity index (χ2n) is 7.77. The molecule has 2 aliphatic rings. The Labute approximate surface area is 190 Å². The third kappa shape index (κ3) is 3.56. The number of alkyl halides is 4. The Morgan fingerprint density at radius 3 is 2.33 bits per heavy atom. The highest BCUT2D eigenvalue weighted by Gasteiger charge is 2.49. The standard InChI is InChI=1S/C22H17F4N3O3S/c1-28-19(30)16-9-14-13-4-2-3-5-15(13)27-17(14)18(29(16)22(28)33)10-6-11(31-20(23)24)8-12(7-10)32-21(25)26/h2-8,16,18,20-21,27H,9H2,1H3/t16-,18+/m0/s1. The van der Waals surface area contributed by atoms with E-state index in [1.807, 2.05) is 24.3 Å². The number of amides is 1. The molecule has 1 N–H and O–H groups in total. The molecule has 0 radical (unpaired) electrons. The molecule has 1 saturated heterocycles. The number of halogens is 4. The number of aromatic amines is 1. The van der Waals surface area contributed by atoms with Gasteiger partial charge in [-0.25, -0.2) is 0 Å². The number of nitrogens with one attached hydrogen (secondary N) is 1. The zero-order chi connectivity index (χ0) is 23.4. The minimum atomic E-state index is -3.16. The first kappa shape index (κ1) is 21.5. The number of thiocarbonyl (C=S) groups is 1. The fourth-order valence-electron chi connectivity index (χ4n) is 4.65. The fraction of sp³-hybridized carbons (Fsp3) is 0.273. The van der Waals surface area contributed by atoms with E-state index in [4.69, 9.17) is 12.2 Å². The maximum Gasteiger partial charge on any atom is 0.387 e. The number of H-pyrrole nitrogens is 1. The molecule has 0 aliphatic carbocycles. The van der Waals surface area contributed by atoms with E-state index in [0.29, 0.717) is 17.7 Å². The summed E-state index contributed by atoms with van der Waals surface area (Å²) in [7, 11) is 1.56. The van der Waals surface area contributed by atoms with Gasteiger partial charge in [0.2, 0.25) is 0 Å². The number of ether oxygens (including phenoxy) is 2. The minimum absolute atomic E-state index is 0.204. The molecule has 2 aliphatic heterocycles. The molecular weight excluding hydrogens is 462 g/mol. The van der Waals surface area contributed by atoms with Crippen molar-refractivity contribution in [3.05, 3.63) is 59.3 Å². The summed E-state index contributed by atoms with van der Waals surface area (Å²) >= 11 is 5.52. The Kier molecular flexibility index (Phi) is 5.15. The number of hydrogen-bond acceptors (Lipinski definition) is 4. The summed E-state index contributed by atoms with van der Waals surface area (Å²) in [6.45, 7) is -6.33. The van der Waals surface area contributed by atoms with Crippen molar-refractivity contribution in [2.24, 2.45) is 0 Å². The lowest BCUT2D eigenvalue weighted by atomic mass is 9.88. The lowest BCUT2D eigenvalue weighted by molar-refractivity contribution is -0.127. The molecule has 2 atom stereocenters. The van der Waals surface area contributed by atoms with E-state index in [-0.39, 0.29) is 22.5 Å². The molecule has 0 bridgehead atoms. The van der Waals surface area contributed by atoms with Crippen molar-refractivity contribution in [2.45, 2.75) is 31.7 Å².